The van der Waals surface area contributed by atoms with Gasteiger partial charge in [0.1, 0.15) is 11.2 Å². The predicted octanol–water partition coefficient (Wildman–Crippen LogP) is 1.49. The number of rotatable bonds is 2. The van der Waals surface area contributed by atoms with Crippen molar-refractivity contribution in [1.29, 1.82) is 0 Å². The van der Waals surface area contributed by atoms with Crippen LogP contribution in [-0.2, 0) is 28.5 Å². The quantitative estimate of drug-likeness (QED) is 0.406. The minimum Gasteiger partial charge on any atom is -0.469 e. The summed E-state index contributed by atoms with van der Waals surface area (Å²) in [4.78, 5) is 49.8. The number of amides is 2. The summed E-state index contributed by atoms with van der Waals surface area (Å²) in [5.74, 6) is -1.41. The van der Waals surface area contributed by atoms with Crippen molar-refractivity contribution < 1.29 is 38.1 Å². The van der Waals surface area contributed by atoms with Crippen molar-refractivity contribution >= 4 is 24.1 Å². The zero-order chi connectivity index (χ0) is 27.8. The Morgan fingerprint density at radius 2 is 0.944 bits per heavy atom. The summed E-state index contributed by atoms with van der Waals surface area (Å²) < 4.78 is 19.9. The van der Waals surface area contributed by atoms with Gasteiger partial charge in [0.05, 0.1) is 26.1 Å². The van der Waals surface area contributed by atoms with E-state index in [-0.39, 0.29) is 35.9 Å². The van der Waals surface area contributed by atoms with Crippen molar-refractivity contribution in [3.05, 3.63) is 0 Å². The molecule has 2 rings (SSSR count). The van der Waals surface area contributed by atoms with Crippen LogP contribution < -0.4 is 11.5 Å². The lowest BCUT2D eigenvalue weighted by atomic mass is 9.95. The highest BCUT2D eigenvalue weighted by molar-refractivity contribution is 5.75. The molecule has 0 aromatic rings. The van der Waals surface area contributed by atoms with Crippen LogP contribution in [0.15, 0.2) is 0 Å². The van der Waals surface area contributed by atoms with Crippen LogP contribution in [0, 0.1) is 11.8 Å². The Hall–Kier alpha value is -2.60. The summed E-state index contributed by atoms with van der Waals surface area (Å²) in [6, 6.07) is -0.453. The Morgan fingerprint density at radius 3 is 1.19 bits per heavy atom. The fourth-order valence-corrected chi connectivity index (χ4v) is 3.90. The molecule has 2 fully saturated rings. The molecule has 0 unspecified atom stereocenters. The summed E-state index contributed by atoms with van der Waals surface area (Å²) in [5.41, 5.74) is 10.6. The maximum Gasteiger partial charge on any atom is 0.410 e. The summed E-state index contributed by atoms with van der Waals surface area (Å²) in [6.45, 7) is 12.2. The third-order valence-electron chi connectivity index (χ3n) is 5.34. The number of hydrogen-bond acceptors (Lipinski definition) is 10. The molecule has 36 heavy (non-hydrogen) atoms. The van der Waals surface area contributed by atoms with Gasteiger partial charge in [-0.2, -0.15) is 0 Å². The number of nitrogens with two attached hydrogens (primary N) is 2. The van der Waals surface area contributed by atoms with E-state index in [0.717, 1.165) is 0 Å². The Balaban J connectivity index is 0.000000360. The molecule has 0 aliphatic carbocycles. The van der Waals surface area contributed by atoms with E-state index in [2.05, 4.69) is 0 Å². The van der Waals surface area contributed by atoms with Gasteiger partial charge in [-0.25, -0.2) is 9.59 Å². The summed E-state index contributed by atoms with van der Waals surface area (Å²) in [7, 11) is 2.67. The van der Waals surface area contributed by atoms with Crippen molar-refractivity contribution in [2.24, 2.45) is 23.3 Å². The molecule has 208 valence electrons. The molecular weight excluding hydrogens is 472 g/mol. The van der Waals surface area contributed by atoms with E-state index in [1.807, 2.05) is 0 Å². The minimum absolute atomic E-state index is 0.227. The van der Waals surface area contributed by atoms with Crippen LogP contribution in [-0.4, -0.2) is 97.6 Å². The number of carbonyl (C=O) groups excluding carboxylic acids is 4. The molecule has 0 aromatic carbocycles. The predicted molar refractivity (Wildman–Crippen MR) is 132 cm³/mol. The Labute approximate surface area is 213 Å². The Kier molecular flexibility index (Phi) is 11.4. The van der Waals surface area contributed by atoms with Gasteiger partial charge in [0, 0.05) is 38.3 Å². The van der Waals surface area contributed by atoms with Crippen molar-refractivity contribution in [3.8, 4) is 0 Å². The van der Waals surface area contributed by atoms with Crippen LogP contribution in [0.1, 0.15) is 54.4 Å². The lowest BCUT2D eigenvalue weighted by Crippen LogP contribution is -2.52. The largest absolute Gasteiger partial charge is 0.469 e. The van der Waals surface area contributed by atoms with Gasteiger partial charge in [0.25, 0.3) is 0 Å². The van der Waals surface area contributed by atoms with Crippen molar-refractivity contribution in [3.63, 3.8) is 0 Å². The van der Waals surface area contributed by atoms with Gasteiger partial charge < -0.3 is 40.2 Å². The molecule has 2 aliphatic heterocycles. The highest BCUT2D eigenvalue weighted by Gasteiger charge is 2.36. The maximum atomic E-state index is 11.9. The topological polar surface area (TPSA) is 164 Å². The molecule has 2 saturated heterocycles. The zero-order valence-corrected chi connectivity index (χ0v) is 22.9. The van der Waals surface area contributed by atoms with Gasteiger partial charge in [0.15, 0.2) is 0 Å². The van der Waals surface area contributed by atoms with Crippen molar-refractivity contribution in [2.45, 2.75) is 77.7 Å². The van der Waals surface area contributed by atoms with Crippen LogP contribution in [0.5, 0.6) is 0 Å². The summed E-state index contributed by atoms with van der Waals surface area (Å²) in [6.07, 6.45) is 0.191. The number of ether oxygens (including phenoxy) is 4. The standard InChI is InChI=1S/2C12H22N2O4/c2*1-12(2,3)18-11(16)14-6-8(10(15)17-4)5-9(13)7-14/h2*8-9H,5-7,13H2,1-4H3/t2*8-,9-/m10/s1. The first-order valence-electron chi connectivity index (χ1n) is 12.1. The van der Waals surface area contributed by atoms with E-state index in [0.29, 0.717) is 39.0 Å². The lowest BCUT2D eigenvalue weighted by molar-refractivity contribution is -0.148. The SMILES string of the molecule is COC(=O)[C@@H]1C[C@@H](N)CN(C(=O)OC(C)(C)C)C1.COC(=O)[C@H]1C[C@H](N)CN(C(=O)OC(C)(C)C)C1. The molecule has 0 saturated carbocycles. The van der Waals surface area contributed by atoms with E-state index in [1.165, 1.54) is 24.0 Å². The second kappa shape index (κ2) is 13.1. The van der Waals surface area contributed by atoms with Crippen LogP contribution in [0.25, 0.3) is 0 Å². The first-order valence-corrected chi connectivity index (χ1v) is 12.1. The maximum absolute atomic E-state index is 11.9. The molecule has 0 radical (unpaired) electrons. The fraction of sp³-hybridized carbons (Fsp3) is 0.833. The molecule has 2 aliphatic rings. The van der Waals surface area contributed by atoms with Gasteiger partial charge in [-0.05, 0) is 54.4 Å². The highest BCUT2D eigenvalue weighted by Crippen LogP contribution is 2.21. The van der Waals surface area contributed by atoms with Gasteiger partial charge >= 0.3 is 24.1 Å². The smallest absolute Gasteiger partial charge is 0.410 e. The first-order chi connectivity index (χ1) is 16.5. The molecule has 0 aromatic heterocycles. The van der Waals surface area contributed by atoms with E-state index < -0.39 is 23.4 Å². The molecule has 4 atom stereocenters. The average molecular weight is 517 g/mol. The number of nitrogens with zero attached hydrogens (tertiary/aromatic N) is 2. The molecule has 4 N–H and O–H groups in total. The van der Waals surface area contributed by atoms with E-state index in [9.17, 15) is 19.2 Å². The number of carbonyl (C=O) groups is 4. The zero-order valence-electron chi connectivity index (χ0n) is 22.9. The fourth-order valence-electron chi connectivity index (χ4n) is 3.90. The van der Waals surface area contributed by atoms with Gasteiger partial charge in [-0.1, -0.05) is 0 Å². The summed E-state index contributed by atoms with van der Waals surface area (Å²) >= 11 is 0. The molecule has 12 heteroatoms. The number of piperidine rings is 2. The summed E-state index contributed by atoms with van der Waals surface area (Å²) in [5, 5.41) is 0. The van der Waals surface area contributed by atoms with Crippen LogP contribution in [0.2, 0.25) is 0 Å². The number of likely N-dealkylation sites (tertiary alicyclic amines) is 2. The van der Waals surface area contributed by atoms with E-state index in [4.69, 9.17) is 30.4 Å². The first kappa shape index (κ1) is 31.4. The molecule has 12 nitrogen and oxygen atoms in total. The normalized spacial score (nSPS) is 24.6. The van der Waals surface area contributed by atoms with Crippen LogP contribution in [0.3, 0.4) is 0 Å². The van der Waals surface area contributed by atoms with Crippen molar-refractivity contribution in [1.82, 2.24) is 9.80 Å². The Bertz CT molecular complexity index is 713. The second-order valence-corrected chi connectivity index (χ2v) is 11.2. The molecule has 2 amide bonds. The van der Waals surface area contributed by atoms with Gasteiger partial charge in [-0.15, -0.1) is 0 Å². The second-order valence-electron chi connectivity index (χ2n) is 11.2. The Morgan fingerprint density at radius 1 is 0.639 bits per heavy atom. The molecule has 2 heterocycles. The van der Waals surface area contributed by atoms with E-state index in [1.54, 1.807) is 41.5 Å². The lowest BCUT2D eigenvalue weighted by Gasteiger charge is -2.35. The van der Waals surface area contributed by atoms with E-state index >= 15 is 0 Å². The molecule has 0 bridgehead atoms. The third kappa shape index (κ3) is 11.0. The molecule has 0 spiro atoms. The minimum atomic E-state index is -0.556. The number of methoxy groups -OCH3 is 2. The van der Waals surface area contributed by atoms with Gasteiger partial charge in [0.2, 0.25) is 0 Å². The monoisotopic (exact) mass is 516 g/mol. The van der Waals surface area contributed by atoms with Crippen molar-refractivity contribution in [2.75, 3.05) is 40.4 Å². The number of esters is 2. The number of hydrogen-bond donors (Lipinski definition) is 2. The van der Waals surface area contributed by atoms with Crippen LogP contribution in [0.4, 0.5) is 9.59 Å². The average Bonchev–Trinajstić information content (AvgIpc) is 2.75. The molecular formula is C24H44N4O8. The van der Waals surface area contributed by atoms with Crippen LogP contribution >= 0.6 is 0 Å². The van der Waals surface area contributed by atoms with Gasteiger partial charge in [-0.3, -0.25) is 9.59 Å². The highest BCUT2D eigenvalue weighted by atomic mass is 16.6. The third-order valence-corrected chi connectivity index (χ3v) is 5.34.